The van der Waals surface area contributed by atoms with Crippen LogP contribution in [-0.2, 0) is 11.8 Å². The second kappa shape index (κ2) is 6.64. The average molecular weight is 357 g/mol. The number of aryl methyl sites for hydroxylation is 1. The largest absolute Gasteiger partial charge is 0.489 e. The maximum atomic E-state index is 11.7. The molecule has 116 valence electrons. The number of hydrogen-bond acceptors (Lipinski definition) is 3. The van der Waals surface area contributed by atoms with E-state index in [1.165, 1.54) is 10.6 Å². The number of nitrogens with zero attached hydrogens (tertiary/aromatic N) is 2. The van der Waals surface area contributed by atoms with Gasteiger partial charge in [-0.3, -0.25) is 9.59 Å². The second-order valence-electron chi connectivity index (χ2n) is 5.61. The zero-order valence-corrected chi connectivity index (χ0v) is 14.2. The van der Waals surface area contributed by atoms with Gasteiger partial charge in [0.2, 0.25) is 5.91 Å². The second-order valence-corrected chi connectivity index (χ2v) is 6.47. The van der Waals surface area contributed by atoms with Crippen molar-refractivity contribution >= 4 is 21.8 Å². The number of amides is 1. The minimum absolute atomic E-state index is 0.0850. The fourth-order valence-corrected chi connectivity index (χ4v) is 3.17. The Morgan fingerprint density at radius 3 is 2.57 bits per heavy atom. The maximum absolute atomic E-state index is 11.7. The third-order valence-corrected chi connectivity index (χ3v) is 4.72. The number of carbonyl (C=O) groups excluding carboxylic acids is 1. The first-order valence-electron chi connectivity index (χ1n) is 7.14. The lowest BCUT2D eigenvalue weighted by molar-refractivity contribution is -0.130. The summed E-state index contributed by atoms with van der Waals surface area (Å²) < 4.78 is 8.24. The van der Waals surface area contributed by atoms with Crippen molar-refractivity contribution in [2.45, 2.75) is 44.8 Å². The predicted octanol–water partition coefficient (Wildman–Crippen LogP) is 2.32. The highest BCUT2D eigenvalue weighted by Crippen LogP contribution is 2.29. The number of halogens is 1. The summed E-state index contributed by atoms with van der Waals surface area (Å²) in [5.74, 6) is 0.704. The first-order chi connectivity index (χ1) is 9.88. The standard InChI is InChI=1S/C15H21BrN2O3/c1-10(19)18(3)11-4-6-12(7-5-11)21-14-8-15(20)17(2)9-13(14)16/h8-9,11-12H,4-7H2,1-3H3. The first-order valence-corrected chi connectivity index (χ1v) is 7.94. The molecule has 0 bridgehead atoms. The summed E-state index contributed by atoms with van der Waals surface area (Å²) in [5, 5.41) is 0. The van der Waals surface area contributed by atoms with Gasteiger partial charge in [0.25, 0.3) is 5.56 Å². The Hall–Kier alpha value is -1.30. The molecule has 0 radical (unpaired) electrons. The van der Waals surface area contributed by atoms with Crippen LogP contribution in [-0.4, -0.2) is 34.6 Å². The van der Waals surface area contributed by atoms with Crippen molar-refractivity contribution in [1.29, 1.82) is 0 Å². The van der Waals surface area contributed by atoms with E-state index in [1.807, 2.05) is 11.9 Å². The Morgan fingerprint density at radius 2 is 2.00 bits per heavy atom. The molecule has 1 aliphatic rings. The van der Waals surface area contributed by atoms with Crippen LogP contribution in [0.15, 0.2) is 21.5 Å². The Balaban J connectivity index is 1.96. The van der Waals surface area contributed by atoms with Gasteiger partial charge in [-0.05, 0) is 41.6 Å². The molecule has 0 saturated heterocycles. The Kier molecular flexibility index (Phi) is 5.08. The summed E-state index contributed by atoms with van der Waals surface area (Å²) in [6, 6.07) is 1.81. The number of rotatable bonds is 3. The monoisotopic (exact) mass is 356 g/mol. The van der Waals surface area contributed by atoms with E-state index in [4.69, 9.17) is 4.74 Å². The van der Waals surface area contributed by atoms with Crippen molar-refractivity contribution in [3.05, 3.63) is 27.1 Å². The summed E-state index contributed by atoms with van der Waals surface area (Å²) in [5.41, 5.74) is -0.0850. The van der Waals surface area contributed by atoms with Gasteiger partial charge in [-0.1, -0.05) is 0 Å². The van der Waals surface area contributed by atoms with Crippen molar-refractivity contribution in [1.82, 2.24) is 9.47 Å². The lowest BCUT2D eigenvalue weighted by Crippen LogP contribution is -2.40. The van der Waals surface area contributed by atoms with E-state index in [0.717, 1.165) is 30.2 Å². The minimum atomic E-state index is -0.0850. The van der Waals surface area contributed by atoms with Crippen molar-refractivity contribution < 1.29 is 9.53 Å². The van der Waals surface area contributed by atoms with Crippen LogP contribution in [0.2, 0.25) is 0 Å². The van der Waals surface area contributed by atoms with Crippen molar-refractivity contribution in [2.24, 2.45) is 7.05 Å². The molecule has 0 unspecified atom stereocenters. The Morgan fingerprint density at radius 1 is 1.38 bits per heavy atom. The highest BCUT2D eigenvalue weighted by molar-refractivity contribution is 9.10. The molecule has 6 heteroatoms. The molecule has 0 aromatic carbocycles. The number of hydrogen-bond donors (Lipinski definition) is 0. The quantitative estimate of drug-likeness (QED) is 0.834. The van der Waals surface area contributed by atoms with Gasteiger partial charge in [0.05, 0.1) is 10.6 Å². The summed E-state index contributed by atoms with van der Waals surface area (Å²) in [6.45, 7) is 1.60. The zero-order valence-electron chi connectivity index (χ0n) is 12.6. The van der Waals surface area contributed by atoms with E-state index in [9.17, 15) is 9.59 Å². The average Bonchev–Trinajstić information content (AvgIpc) is 2.44. The fourth-order valence-electron chi connectivity index (χ4n) is 2.66. The summed E-state index contributed by atoms with van der Waals surface area (Å²) in [7, 11) is 3.56. The van der Waals surface area contributed by atoms with E-state index in [0.29, 0.717) is 11.8 Å². The predicted molar refractivity (Wildman–Crippen MR) is 84.5 cm³/mol. The van der Waals surface area contributed by atoms with Crippen LogP contribution in [0.5, 0.6) is 5.75 Å². The van der Waals surface area contributed by atoms with Gasteiger partial charge in [-0.15, -0.1) is 0 Å². The third-order valence-electron chi connectivity index (χ3n) is 4.13. The highest BCUT2D eigenvalue weighted by Gasteiger charge is 2.26. The molecule has 0 atom stereocenters. The Bertz CT molecular complexity index is 577. The van der Waals surface area contributed by atoms with E-state index in [1.54, 1.807) is 20.2 Å². The Labute approximate surface area is 133 Å². The highest BCUT2D eigenvalue weighted by atomic mass is 79.9. The van der Waals surface area contributed by atoms with Crippen LogP contribution >= 0.6 is 15.9 Å². The van der Waals surface area contributed by atoms with Crippen molar-refractivity contribution in [2.75, 3.05) is 7.05 Å². The number of ether oxygens (including phenoxy) is 1. The molecule has 1 saturated carbocycles. The zero-order chi connectivity index (χ0) is 15.6. The van der Waals surface area contributed by atoms with E-state index in [-0.39, 0.29) is 17.6 Å². The van der Waals surface area contributed by atoms with Crippen LogP contribution in [0.25, 0.3) is 0 Å². The van der Waals surface area contributed by atoms with Crippen molar-refractivity contribution in [3.8, 4) is 5.75 Å². The van der Waals surface area contributed by atoms with E-state index < -0.39 is 0 Å². The maximum Gasteiger partial charge on any atom is 0.254 e. The molecule has 5 nitrogen and oxygen atoms in total. The smallest absolute Gasteiger partial charge is 0.254 e. The SMILES string of the molecule is CC(=O)N(C)C1CCC(Oc2cc(=O)n(C)cc2Br)CC1. The van der Waals surface area contributed by atoms with Crippen molar-refractivity contribution in [3.63, 3.8) is 0 Å². The molecule has 21 heavy (non-hydrogen) atoms. The first kappa shape index (κ1) is 16.1. The van der Waals surface area contributed by atoms with Crippen LogP contribution in [0.3, 0.4) is 0 Å². The van der Waals surface area contributed by atoms with Gasteiger partial charge in [0.1, 0.15) is 5.75 Å². The molecule has 1 aromatic heterocycles. The van der Waals surface area contributed by atoms with Gasteiger partial charge in [-0.25, -0.2) is 0 Å². The van der Waals surface area contributed by atoms with Crippen LogP contribution in [0.4, 0.5) is 0 Å². The molecule has 1 aliphatic carbocycles. The van der Waals surface area contributed by atoms with Gasteiger partial charge in [-0.2, -0.15) is 0 Å². The molecule has 1 heterocycles. The lowest BCUT2D eigenvalue weighted by atomic mass is 9.92. The minimum Gasteiger partial charge on any atom is -0.489 e. The van der Waals surface area contributed by atoms with Crippen LogP contribution in [0, 0.1) is 0 Å². The van der Waals surface area contributed by atoms with Gasteiger partial charge in [0, 0.05) is 39.3 Å². The summed E-state index contributed by atoms with van der Waals surface area (Å²) in [6.07, 6.45) is 5.47. The molecule has 1 fully saturated rings. The number of aromatic nitrogens is 1. The normalized spacial score (nSPS) is 21.9. The third kappa shape index (κ3) is 3.87. The molecular weight excluding hydrogens is 336 g/mol. The van der Waals surface area contributed by atoms with E-state index >= 15 is 0 Å². The van der Waals surface area contributed by atoms with Gasteiger partial charge in [0.15, 0.2) is 0 Å². The van der Waals surface area contributed by atoms with E-state index in [2.05, 4.69) is 15.9 Å². The van der Waals surface area contributed by atoms with Gasteiger partial charge >= 0.3 is 0 Å². The summed E-state index contributed by atoms with van der Waals surface area (Å²) in [4.78, 5) is 24.9. The molecule has 0 N–H and O–H groups in total. The fraction of sp³-hybridized carbons (Fsp3) is 0.600. The molecular formula is C15H21BrN2O3. The molecule has 1 aromatic rings. The van der Waals surface area contributed by atoms with Crippen LogP contribution in [0.1, 0.15) is 32.6 Å². The molecule has 1 amide bonds. The summed E-state index contributed by atoms with van der Waals surface area (Å²) >= 11 is 3.42. The number of pyridine rings is 1. The lowest BCUT2D eigenvalue weighted by Gasteiger charge is -2.34. The molecule has 2 rings (SSSR count). The van der Waals surface area contributed by atoms with Crippen LogP contribution < -0.4 is 10.3 Å². The van der Waals surface area contributed by atoms with Gasteiger partial charge < -0.3 is 14.2 Å². The topological polar surface area (TPSA) is 51.5 Å². The molecule has 0 spiro atoms. The molecule has 0 aliphatic heterocycles. The number of carbonyl (C=O) groups is 1.